The zero-order valence-corrected chi connectivity index (χ0v) is 17.3. The molecule has 4 heteroatoms. The van der Waals surface area contributed by atoms with Crippen LogP contribution in [0.2, 0.25) is 0 Å². The number of aryl methyl sites for hydroxylation is 1. The number of hydrogen-bond donors (Lipinski definition) is 0. The van der Waals surface area contributed by atoms with Crippen molar-refractivity contribution >= 4 is 11.9 Å². The highest BCUT2D eigenvalue weighted by Gasteiger charge is 2.44. The molecule has 0 radical (unpaired) electrons. The quantitative estimate of drug-likeness (QED) is 0.449. The van der Waals surface area contributed by atoms with Gasteiger partial charge in [0.05, 0.1) is 12.1 Å². The van der Waals surface area contributed by atoms with Crippen molar-refractivity contribution in [2.24, 2.45) is 0 Å². The summed E-state index contributed by atoms with van der Waals surface area (Å²) in [6.07, 6.45) is 8.74. The number of nitrogens with zero attached hydrogens (tertiary/aromatic N) is 2. The number of allylic oxidation sites excluding steroid dienone is 1. The number of likely N-dealkylation sites (N-methyl/N-ethyl adjacent to an activating group) is 1. The summed E-state index contributed by atoms with van der Waals surface area (Å²) in [7, 11) is 1.76. The number of urea groups is 1. The third-order valence-electron chi connectivity index (χ3n) is 5.67. The monoisotopic (exact) mass is 390 g/mol. The van der Waals surface area contributed by atoms with E-state index in [0.29, 0.717) is 0 Å². The molecule has 2 aromatic carbocycles. The van der Waals surface area contributed by atoms with Gasteiger partial charge in [0.1, 0.15) is 0 Å². The highest BCUT2D eigenvalue weighted by Crippen LogP contribution is 2.34. The molecule has 29 heavy (non-hydrogen) atoms. The van der Waals surface area contributed by atoms with Gasteiger partial charge >= 0.3 is 6.03 Å². The lowest BCUT2D eigenvalue weighted by atomic mass is 10.0. The first-order valence-corrected chi connectivity index (χ1v) is 10.4. The average Bonchev–Trinajstić information content (AvgIpc) is 2.98. The van der Waals surface area contributed by atoms with Gasteiger partial charge < -0.3 is 4.90 Å². The topological polar surface area (TPSA) is 40.6 Å². The molecule has 1 aliphatic heterocycles. The lowest BCUT2D eigenvalue weighted by Crippen LogP contribution is -2.35. The predicted molar refractivity (Wildman–Crippen MR) is 116 cm³/mol. The van der Waals surface area contributed by atoms with E-state index in [1.165, 1.54) is 10.5 Å². The molecule has 3 rings (SSSR count). The van der Waals surface area contributed by atoms with Crippen molar-refractivity contribution in [1.82, 2.24) is 9.80 Å². The van der Waals surface area contributed by atoms with Crippen LogP contribution in [-0.2, 0) is 11.2 Å². The van der Waals surface area contributed by atoms with Gasteiger partial charge in [0.2, 0.25) is 0 Å². The van der Waals surface area contributed by atoms with Gasteiger partial charge in [-0.15, -0.1) is 0 Å². The highest BCUT2D eigenvalue weighted by atomic mass is 16.2. The molecular formula is C25H30N2O2. The molecule has 1 aliphatic rings. The largest absolute Gasteiger partial charge is 0.327 e. The van der Waals surface area contributed by atoms with E-state index in [-0.39, 0.29) is 24.0 Å². The molecule has 0 saturated carbocycles. The second-order valence-electron chi connectivity index (χ2n) is 7.69. The maximum atomic E-state index is 12.8. The fourth-order valence-electron chi connectivity index (χ4n) is 3.88. The summed E-state index contributed by atoms with van der Waals surface area (Å²) in [5.41, 5.74) is 2.36. The van der Waals surface area contributed by atoms with E-state index in [4.69, 9.17) is 0 Å². The Morgan fingerprint density at radius 2 is 1.62 bits per heavy atom. The Hall–Kier alpha value is -2.88. The Bertz CT molecular complexity index is 832. The molecule has 2 aromatic rings. The SMILES string of the molecule is C[C@H]1[C@@H](c2ccccc2)N(C(=O)/C=C/CCCCCc2ccccc2)C(=O)N1C. The Kier molecular flexibility index (Phi) is 7.23. The molecule has 0 aromatic heterocycles. The van der Waals surface area contributed by atoms with E-state index in [0.717, 1.165) is 37.7 Å². The maximum Gasteiger partial charge on any atom is 0.327 e. The molecule has 3 amide bonds. The van der Waals surface area contributed by atoms with Gasteiger partial charge in [0.15, 0.2) is 0 Å². The third kappa shape index (κ3) is 5.14. The van der Waals surface area contributed by atoms with Gasteiger partial charge in [-0.1, -0.05) is 73.2 Å². The third-order valence-corrected chi connectivity index (χ3v) is 5.67. The first-order chi connectivity index (χ1) is 14.1. The lowest BCUT2D eigenvalue weighted by Gasteiger charge is -2.23. The van der Waals surface area contributed by atoms with E-state index in [1.807, 2.05) is 49.4 Å². The maximum absolute atomic E-state index is 12.8. The lowest BCUT2D eigenvalue weighted by molar-refractivity contribution is -0.124. The second kappa shape index (κ2) is 10.1. The number of rotatable bonds is 8. The van der Waals surface area contributed by atoms with Gasteiger partial charge in [-0.2, -0.15) is 0 Å². The number of hydrogen-bond acceptors (Lipinski definition) is 2. The van der Waals surface area contributed by atoms with Crippen molar-refractivity contribution in [3.05, 3.63) is 83.9 Å². The summed E-state index contributed by atoms with van der Waals surface area (Å²) in [6.45, 7) is 1.99. The van der Waals surface area contributed by atoms with Crippen molar-refractivity contribution in [3.8, 4) is 0 Å². The molecule has 0 N–H and O–H groups in total. The van der Waals surface area contributed by atoms with Crippen molar-refractivity contribution in [2.45, 2.75) is 51.1 Å². The molecule has 0 bridgehead atoms. The van der Waals surface area contributed by atoms with Gasteiger partial charge in [-0.3, -0.25) is 9.69 Å². The zero-order valence-electron chi connectivity index (χ0n) is 17.3. The molecule has 4 nitrogen and oxygen atoms in total. The summed E-state index contributed by atoms with van der Waals surface area (Å²) in [4.78, 5) is 28.5. The van der Waals surface area contributed by atoms with Crippen molar-refractivity contribution in [3.63, 3.8) is 0 Å². The summed E-state index contributed by atoms with van der Waals surface area (Å²) >= 11 is 0. The summed E-state index contributed by atoms with van der Waals surface area (Å²) in [5, 5.41) is 0. The number of imide groups is 1. The van der Waals surface area contributed by atoms with E-state index in [9.17, 15) is 9.59 Å². The number of benzene rings is 2. The zero-order chi connectivity index (χ0) is 20.6. The molecule has 2 atom stereocenters. The molecule has 1 heterocycles. The number of unbranched alkanes of at least 4 members (excludes halogenated alkanes) is 3. The van der Waals surface area contributed by atoms with Gasteiger partial charge in [0.25, 0.3) is 5.91 Å². The Morgan fingerprint density at radius 1 is 0.966 bits per heavy atom. The smallest absolute Gasteiger partial charge is 0.322 e. The fraction of sp³-hybridized carbons (Fsp3) is 0.360. The van der Waals surface area contributed by atoms with Crippen LogP contribution in [-0.4, -0.2) is 34.8 Å². The molecule has 0 spiro atoms. The van der Waals surface area contributed by atoms with Crippen LogP contribution >= 0.6 is 0 Å². The average molecular weight is 391 g/mol. The van der Waals surface area contributed by atoms with Crippen LogP contribution in [0.3, 0.4) is 0 Å². The standard InChI is InChI=1S/C25H30N2O2/c1-20-24(22-17-11-7-12-18-22)27(25(29)26(20)2)23(28)19-13-5-3-4-8-14-21-15-9-6-10-16-21/h6-7,9-13,15-20,24H,3-5,8,14H2,1-2H3/b19-13+/t20-,24-/m0/s1. The first kappa shape index (κ1) is 20.8. The minimum absolute atomic E-state index is 0.0553. The van der Waals surface area contributed by atoms with E-state index >= 15 is 0 Å². The van der Waals surface area contributed by atoms with Gasteiger partial charge in [-0.05, 0) is 49.8 Å². The second-order valence-corrected chi connectivity index (χ2v) is 7.69. The number of amides is 3. The summed E-state index contributed by atoms with van der Waals surface area (Å²) in [6, 6.07) is 19.7. The van der Waals surface area contributed by atoms with Crippen LogP contribution in [0.25, 0.3) is 0 Å². The normalized spacial score (nSPS) is 19.3. The number of carbonyl (C=O) groups excluding carboxylic acids is 2. The van der Waals surface area contributed by atoms with Crippen LogP contribution in [0, 0.1) is 0 Å². The number of carbonyl (C=O) groups is 2. The van der Waals surface area contributed by atoms with Crippen molar-refractivity contribution < 1.29 is 9.59 Å². The molecule has 1 fully saturated rings. The Labute approximate surface area is 173 Å². The summed E-state index contributed by atoms with van der Waals surface area (Å²) < 4.78 is 0. The predicted octanol–water partition coefficient (Wildman–Crippen LogP) is 5.37. The molecular weight excluding hydrogens is 360 g/mol. The van der Waals surface area contributed by atoms with Crippen LogP contribution < -0.4 is 0 Å². The molecule has 152 valence electrons. The highest BCUT2D eigenvalue weighted by molar-refractivity contribution is 6.02. The van der Waals surface area contributed by atoms with Crippen LogP contribution in [0.4, 0.5) is 4.79 Å². The van der Waals surface area contributed by atoms with Gasteiger partial charge in [0, 0.05) is 7.05 Å². The van der Waals surface area contributed by atoms with E-state index < -0.39 is 0 Å². The van der Waals surface area contributed by atoms with E-state index in [2.05, 4.69) is 24.3 Å². The van der Waals surface area contributed by atoms with Crippen LogP contribution in [0.15, 0.2) is 72.8 Å². The molecule has 0 aliphatic carbocycles. The van der Waals surface area contributed by atoms with E-state index in [1.54, 1.807) is 18.0 Å². The van der Waals surface area contributed by atoms with Crippen molar-refractivity contribution in [1.29, 1.82) is 0 Å². The Balaban J connectivity index is 1.51. The van der Waals surface area contributed by atoms with Crippen molar-refractivity contribution in [2.75, 3.05) is 7.05 Å². The minimum Gasteiger partial charge on any atom is -0.322 e. The Morgan fingerprint density at radius 3 is 2.31 bits per heavy atom. The first-order valence-electron chi connectivity index (χ1n) is 10.4. The molecule has 0 unspecified atom stereocenters. The fourth-order valence-corrected chi connectivity index (χ4v) is 3.88. The van der Waals surface area contributed by atoms with Crippen LogP contribution in [0.5, 0.6) is 0 Å². The summed E-state index contributed by atoms with van der Waals surface area (Å²) in [5.74, 6) is -0.232. The van der Waals surface area contributed by atoms with Gasteiger partial charge in [-0.25, -0.2) is 4.79 Å². The minimum atomic E-state index is -0.253. The molecule has 1 saturated heterocycles. The van der Waals surface area contributed by atoms with Crippen LogP contribution in [0.1, 0.15) is 49.8 Å².